The standard InChI is InChI=1S/C16H21F2NO3/c1-11(2)9-13(10-20)19-15(21)8-7-12-5-3-4-6-14(12)22-16(17)18/h3-8,11,13,16,20H,9-10H2,1-2H3,(H,19,21)/b8-7+. The summed E-state index contributed by atoms with van der Waals surface area (Å²) >= 11 is 0. The van der Waals surface area contributed by atoms with Crippen LogP contribution < -0.4 is 10.1 Å². The van der Waals surface area contributed by atoms with Crippen LogP contribution >= 0.6 is 0 Å². The molecule has 22 heavy (non-hydrogen) atoms. The molecule has 122 valence electrons. The van der Waals surface area contributed by atoms with Crippen molar-refractivity contribution in [1.29, 1.82) is 0 Å². The number of carbonyl (C=O) groups excluding carboxylic acids is 1. The maximum Gasteiger partial charge on any atom is 0.387 e. The summed E-state index contributed by atoms with van der Waals surface area (Å²) < 4.78 is 28.9. The SMILES string of the molecule is CC(C)CC(CO)NC(=O)/C=C/c1ccccc1OC(F)F. The number of aliphatic hydroxyl groups is 1. The molecule has 4 nitrogen and oxygen atoms in total. The van der Waals surface area contributed by atoms with Crippen LogP contribution in [-0.4, -0.2) is 30.3 Å². The number of ether oxygens (including phenoxy) is 1. The van der Waals surface area contributed by atoms with Gasteiger partial charge in [0.2, 0.25) is 5.91 Å². The summed E-state index contributed by atoms with van der Waals surface area (Å²) in [5, 5.41) is 11.9. The molecule has 1 atom stereocenters. The average molecular weight is 313 g/mol. The number of nitrogens with one attached hydrogen (secondary N) is 1. The molecule has 1 rings (SSSR count). The monoisotopic (exact) mass is 313 g/mol. The molecule has 0 radical (unpaired) electrons. The Kier molecular flexibility index (Phi) is 7.52. The van der Waals surface area contributed by atoms with Crippen LogP contribution in [0.5, 0.6) is 5.75 Å². The van der Waals surface area contributed by atoms with E-state index in [2.05, 4.69) is 10.1 Å². The summed E-state index contributed by atoms with van der Waals surface area (Å²) in [4.78, 5) is 11.8. The quantitative estimate of drug-likeness (QED) is 0.726. The highest BCUT2D eigenvalue weighted by Crippen LogP contribution is 2.21. The molecule has 0 fully saturated rings. The molecular weight excluding hydrogens is 292 g/mol. The fraction of sp³-hybridized carbons (Fsp3) is 0.438. The second-order valence-corrected chi connectivity index (χ2v) is 5.27. The van der Waals surface area contributed by atoms with E-state index in [0.717, 1.165) is 0 Å². The van der Waals surface area contributed by atoms with E-state index >= 15 is 0 Å². The molecule has 1 amide bonds. The van der Waals surface area contributed by atoms with Gasteiger partial charge in [0.05, 0.1) is 12.6 Å². The van der Waals surface area contributed by atoms with E-state index in [1.165, 1.54) is 18.2 Å². The van der Waals surface area contributed by atoms with Crippen LogP contribution in [0.2, 0.25) is 0 Å². The second kappa shape index (κ2) is 9.15. The zero-order valence-corrected chi connectivity index (χ0v) is 12.6. The van der Waals surface area contributed by atoms with E-state index in [-0.39, 0.29) is 18.4 Å². The van der Waals surface area contributed by atoms with Crippen LogP contribution in [0.1, 0.15) is 25.8 Å². The molecule has 0 heterocycles. The number of halogens is 2. The zero-order chi connectivity index (χ0) is 16.5. The lowest BCUT2D eigenvalue weighted by Crippen LogP contribution is -2.37. The van der Waals surface area contributed by atoms with Gasteiger partial charge in [-0.3, -0.25) is 4.79 Å². The summed E-state index contributed by atoms with van der Waals surface area (Å²) in [7, 11) is 0. The van der Waals surface area contributed by atoms with E-state index in [1.54, 1.807) is 18.2 Å². The molecule has 0 spiro atoms. The summed E-state index contributed by atoms with van der Waals surface area (Å²) in [5.74, 6) is -0.0596. The van der Waals surface area contributed by atoms with Gasteiger partial charge >= 0.3 is 6.61 Å². The van der Waals surface area contributed by atoms with Gasteiger partial charge < -0.3 is 15.2 Å². The number of para-hydroxylation sites is 1. The summed E-state index contributed by atoms with van der Waals surface area (Å²) in [5.41, 5.74) is 0.377. The van der Waals surface area contributed by atoms with Crippen molar-refractivity contribution in [3.05, 3.63) is 35.9 Å². The van der Waals surface area contributed by atoms with Crippen LogP contribution in [0.3, 0.4) is 0 Å². The number of benzene rings is 1. The Hall–Kier alpha value is -1.95. The van der Waals surface area contributed by atoms with E-state index in [0.29, 0.717) is 17.9 Å². The molecule has 0 aliphatic heterocycles. The van der Waals surface area contributed by atoms with Gasteiger partial charge in [-0.2, -0.15) is 8.78 Å². The normalized spacial score (nSPS) is 12.9. The number of carbonyl (C=O) groups is 1. The van der Waals surface area contributed by atoms with Crippen molar-refractivity contribution < 1.29 is 23.4 Å². The minimum absolute atomic E-state index is 0.00226. The molecule has 0 bridgehead atoms. The Bertz CT molecular complexity index is 504. The minimum atomic E-state index is -2.92. The molecule has 6 heteroatoms. The highest BCUT2D eigenvalue weighted by Gasteiger charge is 2.12. The second-order valence-electron chi connectivity index (χ2n) is 5.27. The molecule has 1 aromatic carbocycles. The summed E-state index contributed by atoms with van der Waals surface area (Å²) in [6.45, 7) is 0.904. The molecule has 0 aromatic heterocycles. The van der Waals surface area contributed by atoms with Crippen LogP contribution in [-0.2, 0) is 4.79 Å². The van der Waals surface area contributed by atoms with E-state index in [4.69, 9.17) is 0 Å². The maximum atomic E-state index is 12.3. The first-order valence-corrected chi connectivity index (χ1v) is 7.05. The van der Waals surface area contributed by atoms with Crippen molar-refractivity contribution in [1.82, 2.24) is 5.32 Å². The lowest BCUT2D eigenvalue weighted by atomic mass is 10.0. The molecule has 0 aliphatic rings. The minimum Gasteiger partial charge on any atom is -0.434 e. The third-order valence-electron chi connectivity index (χ3n) is 2.87. The Labute approximate surface area is 128 Å². The van der Waals surface area contributed by atoms with Gasteiger partial charge in [-0.05, 0) is 24.5 Å². The van der Waals surface area contributed by atoms with Crippen molar-refractivity contribution in [3.63, 3.8) is 0 Å². The predicted molar refractivity (Wildman–Crippen MR) is 80.6 cm³/mol. The van der Waals surface area contributed by atoms with Gasteiger partial charge in [0.15, 0.2) is 0 Å². The number of hydrogen-bond acceptors (Lipinski definition) is 3. The van der Waals surface area contributed by atoms with Crippen molar-refractivity contribution in [3.8, 4) is 5.75 Å². The number of hydrogen-bond donors (Lipinski definition) is 2. The van der Waals surface area contributed by atoms with E-state index in [9.17, 15) is 18.7 Å². The van der Waals surface area contributed by atoms with Crippen molar-refractivity contribution >= 4 is 12.0 Å². The first-order chi connectivity index (χ1) is 10.4. The molecule has 1 unspecified atom stereocenters. The van der Waals surface area contributed by atoms with Crippen LogP contribution in [0.15, 0.2) is 30.3 Å². The molecule has 0 saturated heterocycles. The van der Waals surface area contributed by atoms with Crippen molar-refractivity contribution in [2.24, 2.45) is 5.92 Å². The molecule has 1 aromatic rings. The first-order valence-electron chi connectivity index (χ1n) is 7.05. The lowest BCUT2D eigenvalue weighted by molar-refractivity contribution is -0.117. The van der Waals surface area contributed by atoms with Gasteiger partial charge in [0.1, 0.15) is 5.75 Å². The van der Waals surface area contributed by atoms with Gasteiger partial charge in [-0.1, -0.05) is 32.0 Å². The highest BCUT2D eigenvalue weighted by atomic mass is 19.3. The maximum absolute atomic E-state index is 12.3. The molecule has 2 N–H and O–H groups in total. The van der Waals surface area contributed by atoms with Crippen LogP contribution in [0.25, 0.3) is 6.08 Å². The van der Waals surface area contributed by atoms with Gasteiger partial charge in [0.25, 0.3) is 0 Å². The molecule has 0 aliphatic carbocycles. The fourth-order valence-electron chi connectivity index (χ4n) is 1.98. The lowest BCUT2D eigenvalue weighted by Gasteiger charge is -2.17. The number of amides is 1. The largest absolute Gasteiger partial charge is 0.434 e. The van der Waals surface area contributed by atoms with Crippen molar-refractivity contribution in [2.75, 3.05) is 6.61 Å². The van der Waals surface area contributed by atoms with Crippen molar-refractivity contribution in [2.45, 2.75) is 32.9 Å². The first kappa shape index (κ1) is 18.1. The smallest absolute Gasteiger partial charge is 0.387 e. The zero-order valence-electron chi connectivity index (χ0n) is 12.6. The number of aliphatic hydroxyl groups excluding tert-OH is 1. The van der Waals surface area contributed by atoms with Crippen LogP contribution in [0.4, 0.5) is 8.78 Å². The van der Waals surface area contributed by atoms with Crippen LogP contribution in [0, 0.1) is 5.92 Å². The van der Waals surface area contributed by atoms with Gasteiger partial charge in [-0.25, -0.2) is 0 Å². The fourth-order valence-corrected chi connectivity index (χ4v) is 1.98. The summed E-state index contributed by atoms with van der Waals surface area (Å²) in [6, 6.07) is 5.87. The average Bonchev–Trinajstić information content (AvgIpc) is 2.44. The topological polar surface area (TPSA) is 58.6 Å². The van der Waals surface area contributed by atoms with Gasteiger partial charge in [0, 0.05) is 11.6 Å². The Balaban J connectivity index is 2.69. The van der Waals surface area contributed by atoms with Gasteiger partial charge in [-0.15, -0.1) is 0 Å². The predicted octanol–water partition coefficient (Wildman–Crippen LogP) is 2.82. The molecular formula is C16H21F2NO3. The Morgan fingerprint density at radius 3 is 2.64 bits per heavy atom. The number of alkyl halides is 2. The summed E-state index contributed by atoms with van der Waals surface area (Å²) in [6.07, 6.45) is 3.29. The third-order valence-corrected chi connectivity index (χ3v) is 2.87. The number of rotatable bonds is 8. The van der Waals surface area contributed by atoms with E-state index < -0.39 is 12.5 Å². The molecule has 0 saturated carbocycles. The Morgan fingerprint density at radius 2 is 2.05 bits per heavy atom. The Morgan fingerprint density at radius 1 is 1.36 bits per heavy atom. The van der Waals surface area contributed by atoms with E-state index in [1.807, 2.05) is 13.8 Å². The highest BCUT2D eigenvalue weighted by molar-refractivity contribution is 5.92. The third kappa shape index (κ3) is 6.67.